The lowest BCUT2D eigenvalue weighted by molar-refractivity contribution is -0.384. The highest BCUT2D eigenvalue weighted by atomic mass is 16.6. The number of hydrogen-bond donors (Lipinski definition) is 0. The molecule has 1 heterocycles. The lowest BCUT2D eigenvalue weighted by Crippen LogP contribution is -2.52. The number of piperazine rings is 1. The predicted molar refractivity (Wildman–Crippen MR) is 91.8 cm³/mol. The van der Waals surface area contributed by atoms with E-state index in [0.29, 0.717) is 12.5 Å². The maximum Gasteiger partial charge on any atom is 0.269 e. The average molecular weight is 331 g/mol. The summed E-state index contributed by atoms with van der Waals surface area (Å²) in [6.45, 7) is 3.53. The van der Waals surface area contributed by atoms with Crippen LogP contribution in [0.5, 0.6) is 0 Å². The molecule has 2 fully saturated rings. The van der Waals surface area contributed by atoms with Crippen LogP contribution in [0.2, 0.25) is 0 Å². The second kappa shape index (κ2) is 7.75. The van der Waals surface area contributed by atoms with Crippen molar-refractivity contribution in [2.75, 3.05) is 26.2 Å². The Morgan fingerprint density at radius 1 is 1.04 bits per heavy atom. The molecule has 0 aromatic heterocycles. The number of nitro groups is 1. The van der Waals surface area contributed by atoms with Crippen molar-refractivity contribution >= 4 is 11.6 Å². The topological polar surface area (TPSA) is 66.7 Å². The largest absolute Gasteiger partial charge is 0.340 e. The molecular formula is C18H25N3O3. The fraction of sp³-hybridized carbons (Fsp3) is 0.611. The second-order valence-electron chi connectivity index (χ2n) is 6.81. The maximum absolute atomic E-state index is 12.4. The molecule has 1 amide bonds. The molecular weight excluding hydrogens is 306 g/mol. The zero-order valence-corrected chi connectivity index (χ0v) is 14.0. The van der Waals surface area contributed by atoms with Gasteiger partial charge in [-0.05, 0) is 18.4 Å². The third kappa shape index (κ3) is 4.12. The number of benzene rings is 1. The van der Waals surface area contributed by atoms with Crippen LogP contribution in [0.15, 0.2) is 24.3 Å². The number of nitro benzene ring substituents is 1. The lowest BCUT2D eigenvalue weighted by Gasteiger charge is -2.40. The third-order valence-electron chi connectivity index (χ3n) is 5.26. The number of amides is 1. The van der Waals surface area contributed by atoms with E-state index in [1.165, 1.54) is 44.2 Å². The molecule has 0 N–H and O–H groups in total. The molecule has 1 aliphatic heterocycles. The summed E-state index contributed by atoms with van der Waals surface area (Å²) < 4.78 is 0. The molecule has 0 spiro atoms. The number of carbonyl (C=O) groups excluding carboxylic acids is 1. The first-order valence-corrected chi connectivity index (χ1v) is 8.88. The molecule has 0 unspecified atom stereocenters. The molecule has 6 nitrogen and oxygen atoms in total. The maximum atomic E-state index is 12.4. The van der Waals surface area contributed by atoms with Gasteiger partial charge >= 0.3 is 0 Å². The van der Waals surface area contributed by atoms with Crippen LogP contribution in [0.25, 0.3) is 0 Å². The highest BCUT2D eigenvalue weighted by Crippen LogP contribution is 2.23. The molecule has 1 aromatic rings. The van der Waals surface area contributed by atoms with E-state index in [-0.39, 0.29) is 11.6 Å². The van der Waals surface area contributed by atoms with Crippen LogP contribution >= 0.6 is 0 Å². The van der Waals surface area contributed by atoms with Gasteiger partial charge in [0.15, 0.2) is 0 Å². The number of rotatable bonds is 4. The van der Waals surface area contributed by atoms with Crippen molar-refractivity contribution in [1.29, 1.82) is 0 Å². The average Bonchev–Trinajstić information content (AvgIpc) is 2.63. The van der Waals surface area contributed by atoms with E-state index in [9.17, 15) is 14.9 Å². The van der Waals surface area contributed by atoms with Gasteiger partial charge < -0.3 is 4.90 Å². The molecule has 1 aliphatic carbocycles. The fourth-order valence-electron chi connectivity index (χ4n) is 3.80. The lowest BCUT2D eigenvalue weighted by atomic mass is 9.94. The zero-order chi connectivity index (χ0) is 16.9. The number of hydrogen-bond acceptors (Lipinski definition) is 4. The predicted octanol–water partition coefficient (Wildman–Crippen LogP) is 2.61. The van der Waals surface area contributed by atoms with Gasteiger partial charge in [0.25, 0.3) is 5.69 Å². The van der Waals surface area contributed by atoms with Crippen molar-refractivity contribution in [2.24, 2.45) is 0 Å². The number of non-ortho nitro benzene ring substituents is 1. The SMILES string of the molecule is O=C(Cc1ccc([N+](=O)[O-])cc1)N1CCN(C2CCCCC2)CC1. The molecule has 130 valence electrons. The summed E-state index contributed by atoms with van der Waals surface area (Å²) in [5.41, 5.74) is 0.896. The van der Waals surface area contributed by atoms with Crippen LogP contribution in [0.1, 0.15) is 37.7 Å². The van der Waals surface area contributed by atoms with Crippen molar-refractivity contribution in [1.82, 2.24) is 9.80 Å². The van der Waals surface area contributed by atoms with Gasteiger partial charge in [0, 0.05) is 44.4 Å². The molecule has 6 heteroatoms. The van der Waals surface area contributed by atoms with Crippen LogP contribution in [-0.2, 0) is 11.2 Å². The summed E-state index contributed by atoms with van der Waals surface area (Å²) in [4.78, 5) is 27.2. The zero-order valence-electron chi connectivity index (χ0n) is 14.0. The van der Waals surface area contributed by atoms with Crippen molar-refractivity contribution in [2.45, 2.75) is 44.6 Å². The molecule has 24 heavy (non-hydrogen) atoms. The van der Waals surface area contributed by atoms with E-state index < -0.39 is 4.92 Å². The smallest absolute Gasteiger partial charge is 0.269 e. The Kier molecular flexibility index (Phi) is 5.45. The summed E-state index contributed by atoms with van der Waals surface area (Å²) in [7, 11) is 0. The van der Waals surface area contributed by atoms with Crippen molar-refractivity contribution < 1.29 is 9.72 Å². The Hall–Kier alpha value is -1.95. The summed E-state index contributed by atoms with van der Waals surface area (Å²) in [5, 5.41) is 10.7. The number of carbonyl (C=O) groups is 1. The molecule has 2 aliphatic rings. The van der Waals surface area contributed by atoms with Crippen LogP contribution < -0.4 is 0 Å². The highest BCUT2D eigenvalue weighted by Gasteiger charge is 2.26. The second-order valence-corrected chi connectivity index (χ2v) is 6.81. The summed E-state index contributed by atoms with van der Waals surface area (Å²) in [6, 6.07) is 6.99. The first kappa shape index (κ1) is 16.9. The van der Waals surface area contributed by atoms with Crippen molar-refractivity contribution in [3.8, 4) is 0 Å². The van der Waals surface area contributed by atoms with E-state index in [1.54, 1.807) is 12.1 Å². The van der Waals surface area contributed by atoms with Gasteiger partial charge in [-0.1, -0.05) is 31.4 Å². The Labute approximate surface area is 142 Å². The third-order valence-corrected chi connectivity index (χ3v) is 5.26. The van der Waals surface area contributed by atoms with Crippen LogP contribution in [0.4, 0.5) is 5.69 Å². The molecule has 0 atom stereocenters. The Bertz CT molecular complexity index is 574. The van der Waals surface area contributed by atoms with Gasteiger partial charge in [0.2, 0.25) is 5.91 Å². The highest BCUT2D eigenvalue weighted by molar-refractivity contribution is 5.79. The standard InChI is InChI=1S/C18H25N3O3/c22-18(14-15-6-8-17(9-7-15)21(23)24)20-12-10-19(11-13-20)16-4-2-1-3-5-16/h6-9,16H,1-5,10-14H2. The monoisotopic (exact) mass is 331 g/mol. The quantitative estimate of drug-likeness (QED) is 0.628. The molecule has 0 bridgehead atoms. The van der Waals surface area contributed by atoms with E-state index in [4.69, 9.17) is 0 Å². The van der Waals surface area contributed by atoms with Crippen LogP contribution in [-0.4, -0.2) is 52.9 Å². The van der Waals surface area contributed by atoms with Gasteiger partial charge in [-0.2, -0.15) is 0 Å². The van der Waals surface area contributed by atoms with E-state index in [1.807, 2.05) is 4.90 Å². The Morgan fingerprint density at radius 3 is 2.25 bits per heavy atom. The molecule has 1 saturated carbocycles. The first-order chi connectivity index (χ1) is 11.6. The van der Waals surface area contributed by atoms with Crippen LogP contribution in [0, 0.1) is 10.1 Å². The van der Waals surface area contributed by atoms with Crippen molar-refractivity contribution in [3.63, 3.8) is 0 Å². The van der Waals surface area contributed by atoms with Gasteiger partial charge in [0.1, 0.15) is 0 Å². The number of nitrogens with zero attached hydrogens (tertiary/aromatic N) is 3. The first-order valence-electron chi connectivity index (χ1n) is 8.88. The van der Waals surface area contributed by atoms with Gasteiger partial charge in [0.05, 0.1) is 11.3 Å². The fourth-order valence-corrected chi connectivity index (χ4v) is 3.80. The minimum Gasteiger partial charge on any atom is -0.340 e. The normalized spacial score (nSPS) is 20.1. The van der Waals surface area contributed by atoms with E-state index in [2.05, 4.69) is 4.90 Å². The van der Waals surface area contributed by atoms with Gasteiger partial charge in [-0.3, -0.25) is 19.8 Å². The molecule has 0 radical (unpaired) electrons. The van der Waals surface area contributed by atoms with Crippen molar-refractivity contribution in [3.05, 3.63) is 39.9 Å². The Balaban J connectivity index is 1.48. The molecule has 1 saturated heterocycles. The summed E-state index contributed by atoms with van der Waals surface area (Å²) in [5.74, 6) is 0.118. The van der Waals surface area contributed by atoms with Gasteiger partial charge in [-0.25, -0.2) is 0 Å². The molecule has 1 aromatic carbocycles. The Morgan fingerprint density at radius 2 is 1.67 bits per heavy atom. The summed E-state index contributed by atoms with van der Waals surface area (Å²) >= 11 is 0. The van der Waals surface area contributed by atoms with Gasteiger partial charge in [-0.15, -0.1) is 0 Å². The summed E-state index contributed by atoms with van der Waals surface area (Å²) in [6.07, 6.45) is 6.97. The van der Waals surface area contributed by atoms with Crippen LogP contribution in [0.3, 0.4) is 0 Å². The van der Waals surface area contributed by atoms with E-state index in [0.717, 1.165) is 31.7 Å². The minimum absolute atomic E-state index is 0.0623. The minimum atomic E-state index is -0.421. The van der Waals surface area contributed by atoms with E-state index >= 15 is 0 Å². The molecule has 3 rings (SSSR count).